The summed E-state index contributed by atoms with van der Waals surface area (Å²) in [6.07, 6.45) is 0. The second-order valence-electron chi connectivity index (χ2n) is 4.48. The Kier molecular flexibility index (Phi) is 4.61. The number of nitrogens with one attached hydrogen (secondary N) is 1. The fourth-order valence-corrected chi connectivity index (χ4v) is 2.94. The molecule has 3 nitrogen and oxygen atoms in total. The lowest BCUT2D eigenvalue weighted by Crippen LogP contribution is -2.23. The summed E-state index contributed by atoms with van der Waals surface area (Å²) in [6, 6.07) is 7.55. The van der Waals surface area contributed by atoms with Crippen molar-refractivity contribution in [3.63, 3.8) is 0 Å². The van der Waals surface area contributed by atoms with Crippen molar-refractivity contribution in [3.8, 4) is 0 Å². The van der Waals surface area contributed by atoms with Crippen LogP contribution >= 0.6 is 11.6 Å². The van der Waals surface area contributed by atoms with Crippen LogP contribution in [0.2, 0.25) is 5.02 Å². The second-order valence-corrected chi connectivity index (χ2v) is 6.66. The molecule has 0 amide bonds. The Labute approximate surface area is 126 Å². The summed E-state index contributed by atoms with van der Waals surface area (Å²) in [5, 5.41) is -0.278. The number of rotatable bonds is 4. The minimum Gasteiger partial charge on any atom is -0.207 e. The Balaban J connectivity index is 2.17. The number of hydrogen-bond acceptors (Lipinski definition) is 2. The van der Waals surface area contributed by atoms with Gasteiger partial charge in [-0.1, -0.05) is 23.7 Å². The van der Waals surface area contributed by atoms with Gasteiger partial charge in [0, 0.05) is 6.54 Å². The summed E-state index contributed by atoms with van der Waals surface area (Å²) in [7, 11) is -3.84. The largest absolute Gasteiger partial charge is 0.240 e. The molecule has 112 valence electrons. The van der Waals surface area contributed by atoms with E-state index in [1.54, 1.807) is 19.1 Å². The van der Waals surface area contributed by atoms with E-state index in [9.17, 15) is 17.2 Å². The standard InChI is InChI=1S/C14H12ClF2NO2S/c1-9-2-3-10(6-14(9)17)8-18-21(19,20)11-4-5-13(16)12(15)7-11/h2-7,18H,8H2,1H3. The second kappa shape index (κ2) is 6.09. The van der Waals surface area contributed by atoms with Gasteiger partial charge < -0.3 is 0 Å². The van der Waals surface area contributed by atoms with E-state index in [1.807, 2.05) is 0 Å². The zero-order chi connectivity index (χ0) is 15.6. The Hall–Kier alpha value is -1.50. The molecule has 1 N–H and O–H groups in total. The quantitative estimate of drug-likeness (QED) is 0.933. The Morgan fingerprint density at radius 3 is 2.43 bits per heavy atom. The molecular weight excluding hydrogens is 320 g/mol. The molecule has 0 aromatic heterocycles. The van der Waals surface area contributed by atoms with Crippen LogP contribution in [0, 0.1) is 18.6 Å². The normalized spacial score (nSPS) is 11.6. The summed E-state index contributed by atoms with van der Waals surface area (Å²) in [5.74, 6) is -1.10. The highest BCUT2D eigenvalue weighted by Crippen LogP contribution is 2.19. The third-order valence-corrected chi connectivity index (χ3v) is 4.59. The lowest BCUT2D eigenvalue weighted by Gasteiger charge is -2.08. The van der Waals surface area contributed by atoms with Crippen molar-refractivity contribution < 1.29 is 17.2 Å². The first-order valence-electron chi connectivity index (χ1n) is 5.99. The van der Waals surface area contributed by atoms with Crippen LogP contribution in [0.1, 0.15) is 11.1 Å². The molecule has 0 saturated carbocycles. The molecule has 0 unspecified atom stereocenters. The third kappa shape index (κ3) is 3.78. The average Bonchev–Trinajstić information content (AvgIpc) is 2.43. The monoisotopic (exact) mass is 331 g/mol. The molecule has 2 aromatic carbocycles. The van der Waals surface area contributed by atoms with Crippen LogP contribution in [0.4, 0.5) is 8.78 Å². The smallest absolute Gasteiger partial charge is 0.207 e. The number of hydrogen-bond donors (Lipinski definition) is 1. The van der Waals surface area contributed by atoms with Gasteiger partial charge in [-0.2, -0.15) is 0 Å². The highest BCUT2D eigenvalue weighted by molar-refractivity contribution is 7.89. The molecule has 2 rings (SSSR count). The zero-order valence-electron chi connectivity index (χ0n) is 11.0. The summed E-state index contributed by atoms with van der Waals surface area (Å²) in [6.45, 7) is 1.54. The van der Waals surface area contributed by atoms with Crippen LogP contribution < -0.4 is 4.72 Å². The number of halogens is 3. The van der Waals surface area contributed by atoms with E-state index in [4.69, 9.17) is 11.6 Å². The van der Waals surface area contributed by atoms with E-state index < -0.39 is 21.7 Å². The molecule has 0 radical (unpaired) electrons. The molecule has 0 aliphatic carbocycles. The topological polar surface area (TPSA) is 46.2 Å². The summed E-state index contributed by atoms with van der Waals surface area (Å²) >= 11 is 5.56. The maximum atomic E-state index is 13.4. The van der Waals surface area contributed by atoms with E-state index >= 15 is 0 Å². The highest BCUT2D eigenvalue weighted by atomic mass is 35.5. The van der Waals surface area contributed by atoms with Crippen LogP contribution in [-0.2, 0) is 16.6 Å². The number of aryl methyl sites for hydroxylation is 1. The van der Waals surface area contributed by atoms with Gasteiger partial charge in [0.25, 0.3) is 0 Å². The van der Waals surface area contributed by atoms with Crippen LogP contribution in [0.5, 0.6) is 0 Å². The van der Waals surface area contributed by atoms with E-state index in [2.05, 4.69) is 4.72 Å². The minimum absolute atomic E-state index is 0.0749. The van der Waals surface area contributed by atoms with Gasteiger partial charge in [-0.25, -0.2) is 21.9 Å². The SMILES string of the molecule is Cc1ccc(CNS(=O)(=O)c2ccc(F)c(Cl)c2)cc1F. The van der Waals surface area contributed by atoms with Crippen molar-refractivity contribution in [2.24, 2.45) is 0 Å². The molecule has 0 aliphatic heterocycles. The Bertz CT molecular complexity index is 779. The molecule has 21 heavy (non-hydrogen) atoms. The molecule has 0 aliphatic rings. The number of benzene rings is 2. The summed E-state index contributed by atoms with van der Waals surface area (Å²) < 4.78 is 52.8. The van der Waals surface area contributed by atoms with E-state index in [1.165, 1.54) is 6.07 Å². The van der Waals surface area contributed by atoms with Gasteiger partial charge in [-0.15, -0.1) is 0 Å². The van der Waals surface area contributed by atoms with E-state index in [0.717, 1.165) is 18.2 Å². The molecule has 0 heterocycles. The van der Waals surface area contributed by atoms with Gasteiger partial charge in [0.1, 0.15) is 11.6 Å². The molecule has 0 saturated heterocycles. The van der Waals surface area contributed by atoms with E-state index in [0.29, 0.717) is 11.1 Å². The van der Waals surface area contributed by atoms with Crippen LogP contribution in [-0.4, -0.2) is 8.42 Å². The van der Waals surface area contributed by atoms with Crippen molar-refractivity contribution in [3.05, 3.63) is 64.2 Å². The van der Waals surface area contributed by atoms with Crippen molar-refractivity contribution in [1.29, 1.82) is 0 Å². The van der Waals surface area contributed by atoms with Crippen molar-refractivity contribution in [2.45, 2.75) is 18.4 Å². The maximum Gasteiger partial charge on any atom is 0.240 e. The molecule has 0 atom stereocenters. The van der Waals surface area contributed by atoms with Crippen molar-refractivity contribution in [2.75, 3.05) is 0 Å². The predicted molar refractivity (Wildman–Crippen MR) is 76.6 cm³/mol. The zero-order valence-corrected chi connectivity index (χ0v) is 12.6. The average molecular weight is 332 g/mol. The molecule has 2 aromatic rings. The Morgan fingerprint density at radius 1 is 1.10 bits per heavy atom. The first kappa shape index (κ1) is 15.9. The van der Waals surface area contributed by atoms with Gasteiger partial charge in [0.15, 0.2) is 0 Å². The fraction of sp³-hybridized carbons (Fsp3) is 0.143. The highest BCUT2D eigenvalue weighted by Gasteiger charge is 2.15. The van der Waals surface area contributed by atoms with Gasteiger partial charge in [-0.05, 0) is 42.3 Å². The van der Waals surface area contributed by atoms with Gasteiger partial charge in [-0.3, -0.25) is 0 Å². The third-order valence-electron chi connectivity index (χ3n) is 2.90. The lowest BCUT2D eigenvalue weighted by atomic mass is 10.1. The van der Waals surface area contributed by atoms with Crippen molar-refractivity contribution >= 4 is 21.6 Å². The number of sulfonamides is 1. The van der Waals surface area contributed by atoms with Crippen LogP contribution in [0.3, 0.4) is 0 Å². The minimum atomic E-state index is -3.84. The van der Waals surface area contributed by atoms with Gasteiger partial charge in [0.05, 0.1) is 9.92 Å². The molecular formula is C14H12ClF2NO2S. The van der Waals surface area contributed by atoms with E-state index in [-0.39, 0.29) is 16.5 Å². The molecule has 0 fully saturated rings. The molecule has 0 bridgehead atoms. The Morgan fingerprint density at radius 2 is 1.81 bits per heavy atom. The summed E-state index contributed by atoms with van der Waals surface area (Å²) in [5.41, 5.74) is 0.960. The first-order valence-corrected chi connectivity index (χ1v) is 7.85. The van der Waals surface area contributed by atoms with Gasteiger partial charge in [0.2, 0.25) is 10.0 Å². The first-order chi connectivity index (χ1) is 9.79. The maximum absolute atomic E-state index is 13.4. The van der Waals surface area contributed by atoms with Crippen LogP contribution in [0.15, 0.2) is 41.3 Å². The van der Waals surface area contributed by atoms with Crippen molar-refractivity contribution in [1.82, 2.24) is 4.72 Å². The molecule has 7 heteroatoms. The summed E-state index contributed by atoms with van der Waals surface area (Å²) in [4.78, 5) is -0.151. The lowest BCUT2D eigenvalue weighted by molar-refractivity contribution is 0.579. The molecule has 0 spiro atoms. The van der Waals surface area contributed by atoms with Crippen LogP contribution in [0.25, 0.3) is 0 Å². The van der Waals surface area contributed by atoms with Gasteiger partial charge >= 0.3 is 0 Å². The fourth-order valence-electron chi connectivity index (χ4n) is 1.65. The predicted octanol–water partition coefficient (Wildman–Crippen LogP) is 3.41.